The second kappa shape index (κ2) is 5.75. The molecule has 2 unspecified atom stereocenters. The lowest BCUT2D eigenvalue weighted by Crippen LogP contribution is -2.38. The standard InChI is InChI=1S/C13H18ClN3O2/c1-16(11-4-2-3-9(11)8-15)13-7-10(14)5-6-12(13)17(18)19/h5-7,9,11H,2-4,8,15H2,1H3. The Labute approximate surface area is 117 Å². The maximum atomic E-state index is 11.1. The van der Waals surface area contributed by atoms with E-state index in [0.717, 1.165) is 19.3 Å². The average molecular weight is 284 g/mol. The molecule has 0 saturated heterocycles. The van der Waals surface area contributed by atoms with Crippen LogP contribution in [0.25, 0.3) is 0 Å². The lowest BCUT2D eigenvalue weighted by Gasteiger charge is -2.30. The molecule has 0 aliphatic heterocycles. The van der Waals surface area contributed by atoms with Crippen LogP contribution in [0.1, 0.15) is 19.3 Å². The molecule has 0 spiro atoms. The van der Waals surface area contributed by atoms with Crippen LogP contribution < -0.4 is 10.6 Å². The Morgan fingerprint density at radius 2 is 2.26 bits per heavy atom. The van der Waals surface area contributed by atoms with Gasteiger partial charge in [0.1, 0.15) is 5.69 Å². The summed E-state index contributed by atoms with van der Waals surface area (Å²) in [6.07, 6.45) is 3.22. The van der Waals surface area contributed by atoms with Gasteiger partial charge in [-0.2, -0.15) is 0 Å². The van der Waals surface area contributed by atoms with Gasteiger partial charge < -0.3 is 10.6 Å². The summed E-state index contributed by atoms with van der Waals surface area (Å²) < 4.78 is 0. The Hall–Kier alpha value is -1.33. The van der Waals surface area contributed by atoms with Crippen LogP contribution in [0.3, 0.4) is 0 Å². The second-order valence-electron chi connectivity index (χ2n) is 5.00. The molecule has 19 heavy (non-hydrogen) atoms. The fraction of sp³-hybridized carbons (Fsp3) is 0.538. The van der Waals surface area contributed by atoms with Gasteiger partial charge in [0.2, 0.25) is 0 Å². The van der Waals surface area contributed by atoms with Crippen molar-refractivity contribution in [2.75, 3.05) is 18.5 Å². The molecule has 1 aliphatic carbocycles. The minimum Gasteiger partial charge on any atom is -0.366 e. The molecule has 104 valence electrons. The molecule has 1 saturated carbocycles. The first kappa shape index (κ1) is 14.1. The Morgan fingerprint density at radius 1 is 1.53 bits per heavy atom. The molecule has 0 radical (unpaired) electrons. The van der Waals surface area contributed by atoms with E-state index in [0.29, 0.717) is 23.2 Å². The summed E-state index contributed by atoms with van der Waals surface area (Å²) in [7, 11) is 1.89. The minimum absolute atomic E-state index is 0.0922. The second-order valence-corrected chi connectivity index (χ2v) is 5.43. The molecule has 6 heteroatoms. The van der Waals surface area contributed by atoms with E-state index in [1.54, 1.807) is 12.1 Å². The predicted molar refractivity (Wildman–Crippen MR) is 76.7 cm³/mol. The molecule has 1 aliphatic rings. The number of nitrogens with zero attached hydrogens (tertiary/aromatic N) is 2. The van der Waals surface area contributed by atoms with Crippen molar-refractivity contribution >= 4 is 23.0 Å². The Morgan fingerprint density at radius 3 is 2.89 bits per heavy atom. The zero-order valence-corrected chi connectivity index (χ0v) is 11.6. The fourth-order valence-corrected chi connectivity index (χ4v) is 3.08. The van der Waals surface area contributed by atoms with Gasteiger partial charge in [-0.15, -0.1) is 0 Å². The summed E-state index contributed by atoms with van der Waals surface area (Å²) in [6, 6.07) is 4.92. The van der Waals surface area contributed by atoms with Crippen LogP contribution in [-0.4, -0.2) is 24.6 Å². The Kier molecular flexibility index (Phi) is 4.27. The third-order valence-corrected chi connectivity index (χ3v) is 4.17. The summed E-state index contributed by atoms with van der Waals surface area (Å²) in [5.74, 6) is 0.392. The summed E-state index contributed by atoms with van der Waals surface area (Å²) in [5.41, 5.74) is 6.45. The number of hydrogen-bond donors (Lipinski definition) is 1. The number of hydrogen-bond acceptors (Lipinski definition) is 4. The van der Waals surface area contributed by atoms with Crippen molar-refractivity contribution in [1.29, 1.82) is 0 Å². The van der Waals surface area contributed by atoms with Crippen molar-refractivity contribution in [3.8, 4) is 0 Å². The zero-order valence-electron chi connectivity index (χ0n) is 10.9. The minimum atomic E-state index is -0.367. The first-order chi connectivity index (χ1) is 9.04. The van der Waals surface area contributed by atoms with E-state index in [4.69, 9.17) is 17.3 Å². The first-order valence-electron chi connectivity index (χ1n) is 6.41. The molecule has 0 amide bonds. The maximum Gasteiger partial charge on any atom is 0.292 e. The van der Waals surface area contributed by atoms with Gasteiger partial charge in [-0.3, -0.25) is 10.1 Å². The summed E-state index contributed by atoms with van der Waals surface area (Å²) in [6.45, 7) is 0.614. The van der Waals surface area contributed by atoms with E-state index in [1.807, 2.05) is 11.9 Å². The van der Waals surface area contributed by atoms with Gasteiger partial charge in [-0.05, 0) is 37.4 Å². The fourth-order valence-electron chi connectivity index (χ4n) is 2.91. The smallest absolute Gasteiger partial charge is 0.292 e. The highest BCUT2D eigenvalue weighted by Crippen LogP contribution is 2.37. The highest BCUT2D eigenvalue weighted by molar-refractivity contribution is 6.31. The number of halogens is 1. The number of nitrogens with two attached hydrogens (primary N) is 1. The van der Waals surface area contributed by atoms with Crippen molar-refractivity contribution in [3.05, 3.63) is 33.3 Å². The third kappa shape index (κ3) is 2.82. The first-order valence-corrected chi connectivity index (χ1v) is 6.79. The van der Waals surface area contributed by atoms with Crippen molar-refractivity contribution in [2.24, 2.45) is 11.7 Å². The number of rotatable bonds is 4. The molecule has 2 N–H and O–H groups in total. The van der Waals surface area contributed by atoms with Crippen LogP contribution in [0, 0.1) is 16.0 Å². The molecule has 1 aromatic carbocycles. The molecule has 1 aromatic rings. The van der Waals surface area contributed by atoms with Gasteiger partial charge in [0.05, 0.1) is 4.92 Å². The topological polar surface area (TPSA) is 72.4 Å². The Bertz CT molecular complexity index is 481. The van der Waals surface area contributed by atoms with E-state index in [2.05, 4.69) is 0 Å². The van der Waals surface area contributed by atoms with Crippen molar-refractivity contribution in [2.45, 2.75) is 25.3 Å². The van der Waals surface area contributed by atoms with E-state index >= 15 is 0 Å². The van der Waals surface area contributed by atoms with Crippen LogP contribution in [0.5, 0.6) is 0 Å². The Balaban J connectivity index is 2.34. The quantitative estimate of drug-likeness (QED) is 0.681. The monoisotopic (exact) mass is 283 g/mol. The average Bonchev–Trinajstić information content (AvgIpc) is 2.85. The lowest BCUT2D eigenvalue weighted by molar-refractivity contribution is -0.384. The molecule has 1 fully saturated rings. The van der Waals surface area contributed by atoms with E-state index < -0.39 is 0 Å². The molecule has 0 aromatic heterocycles. The molecule has 2 rings (SSSR count). The molecular formula is C13H18ClN3O2. The highest BCUT2D eigenvalue weighted by atomic mass is 35.5. The predicted octanol–water partition coefficient (Wildman–Crippen LogP) is 2.81. The molecule has 0 bridgehead atoms. The highest BCUT2D eigenvalue weighted by Gasteiger charge is 2.32. The molecule has 5 nitrogen and oxygen atoms in total. The number of nitro groups is 1. The lowest BCUT2D eigenvalue weighted by atomic mass is 10.0. The van der Waals surface area contributed by atoms with Crippen LogP contribution in [0.4, 0.5) is 11.4 Å². The van der Waals surface area contributed by atoms with E-state index in [-0.39, 0.29) is 16.7 Å². The van der Waals surface area contributed by atoms with Gasteiger partial charge in [-0.25, -0.2) is 0 Å². The van der Waals surface area contributed by atoms with Crippen LogP contribution in [-0.2, 0) is 0 Å². The summed E-state index contributed by atoms with van der Waals surface area (Å²) in [5, 5.41) is 11.6. The normalized spacial score (nSPS) is 22.5. The molecule has 0 heterocycles. The van der Waals surface area contributed by atoms with Crippen molar-refractivity contribution in [3.63, 3.8) is 0 Å². The number of benzene rings is 1. The van der Waals surface area contributed by atoms with Gasteiger partial charge in [0.25, 0.3) is 5.69 Å². The number of nitro benzene ring substituents is 1. The van der Waals surface area contributed by atoms with Crippen LogP contribution >= 0.6 is 11.6 Å². The summed E-state index contributed by atoms with van der Waals surface area (Å²) in [4.78, 5) is 12.7. The van der Waals surface area contributed by atoms with Crippen LogP contribution in [0.15, 0.2) is 18.2 Å². The SMILES string of the molecule is CN(c1cc(Cl)ccc1[N+](=O)[O-])C1CCCC1CN. The van der Waals surface area contributed by atoms with Gasteiger partial charge in [0.15, 0.2) is 0 Å². The largest absolute Gasteiger partial charge is 0.366 e. The number of anilines is 1. The molecule has 2 atom stereocenters. The molecular weight excluding hydrogens is 266 g/mol. The van der Waals surface area contributed by atoms with Gasteiger partial charge in [-0.1, -0.05) is 18.0 Å². The van der Waals surface area contributed by atoms with E-state index in [1.165, 1.54) is 6.07 Å². The van der Waals surface area contributed by atoms with Gasteiger partial charge >= 0.3 is 0 Å². The van der Waals surface area contributed by atoms with E-state index in [9.17, 15) is 10.1 Å². The van der Waals surface area contributed by atoms with Crippen molar-refractivity contribution < 1.29 is 4.92 Å². The zero-order chi connectivity index (χ0) is 14.0. The maximum absolute atomic E-state index is 11.1. The third-order valence-electron chi connectivity index (χ3n) is 3.93. The summed E-state index contributed by atoms with van der Waals surface area (Å²) >= 11 is 5.97. The van der Waals surface area contributed by atoms with Crippen molar-refractivity contribution in [1.82, 2.24) is 0 Å². The van der Waals surface area contributed by atoms with Crippen LogP contribution in [0.2, 0.25) is 5.02 Å². The van der Waals surface area contributed by atoms with Gasteiger partial charge in [0, 0.05) is 24.2 Å².